The summed E-state index contributed by atoms with van der Waals surface area (Å²) in [6, 6.07) is 16.6. The quantitative estimate of drug-likeness (QED) is 0.645. The van der Waals surface area contributed by atoms with Gasteiger partial charge in [-0.05, 0) is 54.8 Å². The lowest BCUT2D eigenvalue weighted by molar-refractivity contribution is 0.601. The number of nitrogens with zero attached hydrogens (tertiary/aromatic N) is 1. The van der Waals surface area contributed by atoms with E-state index in [4.69, 9.17) is 0 Å². The molecule has 0 unspecified atom stereocenters. The molecule has 2 N–H and O–H groups in total. The Hall–Kier alpha value is -2.93. The first-order valence-corrected chi connectivity index (χ1v) is 9.95. The van der Waals surface area contributed by atoms with E-state index < -0.39 is 10.0 Å². The summed E-state index contributed by atoms with van der Waals surface area (Å²) in [5, 5.41) is 3.14. The molecule has 3 aromatic rings. The van der Waals surface area contributed by atoms with Crippen molar-refractivity contribution in [3.8, 4) is 0 Å². The molecule has 0 atom stereocenters. The van der Waals surface area contributed by atoms with Crippen LogP contribution in [0.4, 0.5) is 15.9 Å². The number of aryl methyl sites for hydroxylation is 1. The van der Waals surface area contributed by atoms with Crippen LogP contribution in [0.3, 0.4) is 0 Å². The maximum atomic E-state index is 13.6. The predicted molar refractivity (Wildman–Crippen MR) is 105 cm³/mol. The summed E-state index contributed by atoms with van der Waals surface area (Å²) in [7, 11) is -3.68. The molecule has 2 aromatic carbocycles. The van der Waals surface area contributed by atoms with Gasteiger partial charge in [-0.1, -0.05) is 30.3 Å². The minimum Gasteiger partial charge on any atom is -0.383 e. The van der Waals surface area contributed by atoms with Crippen LogP contribution in [-0.4, -0.2) is 19.9 Å². The molecule has 0 radical (unpaired) electrons. The molecule has 7 heteroatoms. The van der Waals surface area contributed by atoms with E-state index in [0.717, 1.165) is 11.3 Å². The Kier molecular flexibility index (Phi) is 5.71. The van der Waals surface area contributed by atoms with Gasteiger partial charge in [0.05, 0.1) is 16.8 Å². The molecule has 0 saturated heterocycles. The van der Waals surface area contributed by atoms with E-state index in [-0.39, 0.29) is 16.5 Å². The van der Waals surface area contributed by atoms with Gasteiger partial charge in [0.1, 0.15) is 11.6 Å². The lowest BCUT2D eigenvalue weighted by Crippen LogP contribution is -2.14. The van der Waals surface area contributed by atoms with E-state index in [1.54, 1.807) is 42.5 Å². The van der Waals surface area contributed by atoms with E-state index in [0.29, 0.717) is 18.5 Å². The second-order valence-electron chi connectivity index (χ2n) is 6.12. The van der Waals surface area contributed by atoms with Crippen LogP contribution in [0.2, 0.25) is 0 Å². The first-order chi connectivity index (χ1) is 12.9. The summed E-state index contributed by atoms with van der Waals surface area (Å²) in [5.41, 5.74) is 2.23. The highest BCUT2D eigenvalue weighted by atomic mass is 32.2. The number of halogens is 1. The van der Waals surface area contributed by atoms with Crippen LogP contribution in [0, 0.1) is 12.7 Å². The first-order valence-electron chi connectivity index (χ1n) is 8.47. The Bertz CT molecular complexity index is 1020. The fourth-order valence-corrected chi connectivity index (χ4v) is 3.69. The van der Waals surface area contributed by atoms with E-state index in [9.17, 15) is 12.8 Å². The van der Waals surface area contributed by atoms with Gasteiger partial charge in [0.15, 0.2) is 0 Å². The highest BCUT2D eigenvalue weighted by molar-refractivity contribution is 7.92. The summed E-state index contributed by atoms with van der Waals surface area (Å²) >= 11 is 0. The van der Waals surface area contributed by atoms with Gasteiger partial charge in [0.25, 0.3) is 10.0 Å². The van der Waals surface area contributed by atoms with Crippen molar-refractivity contribution in [3.05, 3.63) is 83.8 Å². The van der Waals surface area contributed by atoms with E-state index >= 15 is 0 Å². The molecule has 3 rings (SSSR count). The molecule has 5 nitrogen and oxygen atoms in total. The Morgan fingerprint density at radius 2 is 1.85 bits per heavy atom. The number of anilines is 2. The van der Waals surface area contributed by atoms with Gasteiger partial charge in [0.2, 0.25) is 0 Å². The number of benzene rings is 2. The molecule has 140 valence electrons. The van der Waals surface area contributed by atoms with Crippen molar-refractivity contribution in [2.75, 3.05) is 16.6 Å². The van der Waals surface area contributed by atoms with Crippen LogP contribution < -0.4 is 10.0 Å². The minimum atomic E-state index is -3.68. The van der Waals surface area contributed by atoms with E-state index in [2.05, 4.69) is 15.0 Å². The fourth-order valence-electron chi connectivity index (χ4n) is 2.58. The number of hydrogen-bond donors (Lipinski definition) is 2. The normalized spacial score (nSPS) is 11.2. The van der Waals surface area contributed by atoms with Crippen LogP contribution in [0.5, 0.6) is 0 Å². The second-order valence-corrected chi connectivity index (χ2v) is 7.80. The van der Waals surface area contributed by atoms with Gasteiger partial charge in [-0.25, -0.2) is 17.8 Å². The summed E-state index contributed by atoms with van der Waals surface area (Å²) in [4.78, 5) is 4.32. The van der Waals surface area contributed by atoms with Crippen LogP contribution >= 0.6 is 0 Å². The molecule has 0 aliphatic carbocycles. The van der Waals surface area contributed by atoms with Gasteiger partial charge < -0.3 is 5.32 Å². The Morgan fingerprint density at radius 3 is 2.56 bits per heavy atom. The Labute approximate surface area is 158 Å². The van der Waals surface area contributed by atoms with E-state index in [1.807, 2.05) is 13.0 Å². The summed E-state index contributed by atoms with van der Waals surface area (Å²) in [6.07, 6.45) is 2.07. The van der Waals surface area contributed by atoms with Crippen molar-refractivity contribution >= 4 is 21.5 Å². The minimum absolute atomic E-state index is 0.191. The van der Waals surface area contributed by atoms with Gasteiger partial charge in [-0.15, -0.1) is 0 Å². The van der Waals surface area contributed by atoms with Crippen molar-refractivity contribution in [1.82, 2.24) is 4.98 Å². The monoisotopic (exact) mass is 385 g/mol. The number of pyridine rings is 1. The SMILES string of the molecule is Cc1cccc(S(=O)(=O)Nc2ccc(NCCc3ccccc3F)cn2)c1. The zero-order valence-corrected chi connectivity index (χ0v) is 15.6. The van der Waals surface area contributed by atoms with Gasteiger partial charge in [0, 0.05) is 6.54 Å². The fraction of sp³-hybridized carbons (Fsp3) is 0.150. The van der Waals surface area contributed by atoms with Crippen LogP contribution in [0.1, 0.15) is 11.1 Å². The molecule has 0 saturated carbocycles. The Morgan fingerprint density at radius 1 is 1.04 bits per heavy atom. The van der Waals surface area contributed by atoms with Crippen molar-refractivity contribution in [1.29, 1.82) is 0 Å². The number of nitrogens with one attached hydrogen (secondary N) is 2. The van der Waals surface area contributed by atoms with Gasteiger partial charge in [-0.2, -0.15) is 0 Å². The summed E-state index contributed by atoms with van der Waals surface area (Å²) in [6.45, 7) is 2.37. The summed E-state index contributed by atoms with van der Waals surface area (Å²) < 4.78 is 40.8. The highest BCUT2D eigenvalue weighted by Gasteiger charge is 2.14. The Balaban J connectivity index is 1.59. The van der Waals surface area contributed by atoms with Crippen molar-refractivity contribution in [2.24, 2.45) is 0 Å². The number of sulfonamides is 1. The van der Waals surface area contributed by atoms with Crippen molar-refractivity contribution < 1.29 is 12.8 Å². The standard InChI is InChI=1S/C20H20FN3O2S/c1-15-5-4-7-18(13-15)27(25,26)24-20-10-9-17(14-23-20)22-12-11-16-6-2-3-8-19(16)21/h2-10,13-14,22H,11-12H2,1H3,(H,23,24). The molecule has 0 spiro atoms. The molecule has 0 aliphatic rings. The average Bonchev–Trinajstić information content (AvgIpc) is 2.64. The topological polar surface area (TPSA) is 71.1 Å². The molecule has 27 heavy (non-hydrogen) atoms. The molecule has 0 fully saturated rings. The predicted octanol–water partition coefficient (Wildman–Crippen LogP) is 3.98. The zero-order chi connectivity index (χ0) is 19.3. The second kappa shape index (κ2) is 8.18. The lowest BCUT2D eigenvalue weighted by atomic mass is 10.1. The smallest absolute Gasteiger partial charge is 0.263 e. The highest BCUT2D eigenvalue weighted by Crippen LogP contribution is 2.17. The molecule has 0 aliphatic heterocycles. The third kappa shape index (κ3) is 5.04. The van der Waals surface area contributed by atoms with E-state index in [1.165, 1.54) is 18.3 Å². The van der Waals surface area contributed by atoms with Crippen molar-refractivity contribution in [2.45, 2.75) is 18.2 Å². The molecule has 1 aromatic heterocycles. The third-order valence-corrected chi connectivity index (χ3v) is 5.34. The lowest BCUT2D eigenvalue weighted by Gasteiger charge is -2.10. The molecule has 0 amide bonds. The molecule has 0 bridgehead atoms. The van der Waals surface area contributed by atoms with Crippen LogP contribution in [0.15, 0.2) is 71.8 Å². The van der Waals surface area contributed by atoms with Crippen LogP contribution in [-0.2, 0) is 16.4 Å². The van der Waals surface area contributed by atoms with Gasteiger partial charge in [-0.3, -0.25) is 4.72 Å². The van der Waals surface area contributed by atoms with Gasteiger partial charge >= 0.3 is 0 Å². The largest absolute Gasteiger partial charge is 0.383 e. The number of hydrogen-bond acceptors (Lipinski definition) is 4. The maximum Gasteiger partial charge on any atom is 0.263 e. The number of aromatic nitrogens is 1. The third-order valence-electron chi connectivity index (χ3n) is 3.98. The first kappa shape index (κ1) is 18.8. The maximum absolute atomic E-state index is 13.6. The van der Waals surface area contributed by atoms with Crippen molar-refractivity contribution in [3.63, 3.8) is 0 Å². The average molecular weight is 385 g/mol. The summed E-state index contributed by atoms with van der Waals surface area (Å²) in [5.74, 6) is 0.00879. The molecular formula is C20H20FN3O2S. The van der Waals surface area contributed by atoms with Crippen LogP contribution in [0.25, 0.3) is 0 Å². The molecular weight excluding hydrogens is 365 g/mol. The number of rotatable bonds is 7. The molecule has 1 heterocycles. The zero-order valence-electron chi connectivity index (χ0n) is 14.8.